The van der Waals surface area contributed by atoms with E-state index in [2.05, 4.69) is 0 Å². The quantitative estimate of drug-likeness (QED) is 0.537. The molecule has 2 unspecified atom stereocenters. The Morgan fingerprint density at radius 1 is 1.36 bits per heavy atom. The first-order valence-electron chi connectivity index (χ1n) is 4.44. The third-order valence-corrected chi connectivity index (χ3v) is 2.43. The fourth-order valence-corrected chi connectivity index (χ4v) is 1.77. The predicted molar refractivity (Wildman–Crippen MR) is 47.8 cm³/mol. The molecule has 1 aliphatic rings. The highest BCUT2D eigenvalue weighted by molar-refractivity contribution is 5.70. The van der Waals surface area contributed by atoms with Crippen LogP contribution < -0.4 is 5.73 Å². The summed E-state index contributed by atoms with van der Waals surface area (Å²) in [6.07, 6.45) is 0.569. The number of carboxylic acid groups (broad SMARTS) is 2. The molecule has 1 rings (SSSR count). The highest BCUT2D eigenvalue weighted by atomic mass is 16.4. The van der Waals surface area contributed by atoms with Crippen LogP contribution in [-0.2, 0) is 9.59 Å². The van der Waals surface area contributed by atoms with E-state index in [4.69, 9.17) is 15.9 Å². The third kappa shape index (κ3) is 2.68. The van der Waals surface area contributed by atoms with Crippen molar-refractivity contribution >= 4 is 11.9 Å². The van der Waals surface area contributed by atoms with Gasteiger partial charge < -0.3 is 15.9 Å². The predicted octanol–water partition coefficient (Wildman–Crippen LogP) is -1.05. The molecule has 0 amide bonds. The Kier molecular flexibility index (Phi) is 3.43. The fraction of sp³-hybridized carbons (Fsp3) is 0.750. The number of aliphatic carboxylic acids is 2. The van der Waals surface area contributed by atoms with Gasteiger partial charge in [0.15, 0.2) is 0 Å². The molecule has 0 spiro atoms. The van der Waals surface area contributed by atoms with E-state index in [-0.39, 0.29) is 25.0 Å². The van der Waals surface area contributed by atoms with Crippen LogP contribution in [0.1, 0.15) is 12.8 Å². The van der Waals surface area contributed by atoms with Gasteiger partial charge in [-0.1, -0.05) is 0 Å². The van der Waals surface area contributed by atoms with Crippen molar-refractivity contribution in [2.45, 2.75) is 24.9 Å². The zero-order chi connectivity index (χ0) is 10.7. The molecule has 0 radical (unpaired) electrons. The lowest BCUT2D eigenvalue weighted by Crippen LogP contribution is -2.43. The topological polar surface area (TPSA) is 104 Å². The van der Waals surface area contributed by atoms with Gasteiger partial charge in [0, 0.05) is 18.6 Å². The van der Waals surface area contributed by atoms with Crippen LogP contribution in [0, 0.1) is 0 Å². The zero-order valence-corrected chi connectivity index (χ0v) is 7.72. The van der Waals surface area contributed by atoms with Crippen molar-refractivity contribution < 1.29 is 19.8 Å². The monoisotopic (exact) mass is 202 g/mol. The summed E-state index contributed by atoms with van der Waals surface area (Å²) >= 11 is 0. The molecular weight excluding hydrogens is 188 g/mol. The number of nitrogens with two attached hydrogens (primary N) is 1. The summed E-state index contributed by atoms with van der Waals surface area (Å²) in [4.78, 5) is 22.6. The summed E-state index contributed by atoms with van der Waals surface area (Å²) < 4.78 is 0. The van der Waals surface area contributed by atoms with Crippen LogP contribution in [0.5, 0.6) is 0 Å². The van der Waals surface area contributed by atoms with E-state index in [1.54, 1.807) is 4.90 Å². The zero-order valence-electron chi connectivity index (χ0n) is 7.72. The number of nitrogens with zero attached hydrogens (tertiary/aromatic N) is 1. The maximum atomic E-state index is 10.5. The molecule has 0 saturated carbocycles. The summed E-state index contributed by atoms with van der Waals surface area (Å²) in [5.41, 5.74) is 5.70. The number of carboxylic acids is 2. The SMILES string of the molecule is NC1CCN(CC(=O)O)C1CC(=O)O. The molecule has 1 heterocycles. The third-order valence-electron chi connectivity index (χ3n) is 2.43. The Hall–Kier alpha value is -1.14. The minimum atomic E-state index is -0.950. The molecule has 0 bridgehead atoms. The number of hydrogen-bond acceptors (Lipinski definition) is 4. The minimum Gasteiger partial charge on any atom is -0.481 e. The summed E-state index contributed by atoms with van der Waals surface area (Å²) in [7, 11) is 0. The first-order chi connectivity index (χ1) is 6.50. The van der Waals surface area contributed by atoms with Crippen molar-refractivity contribution in [3.05, 3.63) is 0 Å². The van der Waals surface area contributed by atoms with Crippen LogP contribution in [0.3, 0.4) is 0 Å². The smallest absolute Gasteiger partial charge is 0.317 e. The van der Waals surface area contributed by atoms with Crippen LogP contribution in [0.2, 0.25) is 0 Å². The molecule has 6 heteroatoms. The van der Waals surface area contributed by atoms with E-state index in [9.17, 15) is 9.59 Å². The van der Waals surface area contributed by atoms with Gasteiger partial charge in [0.1, 0.15) is 0 Å². The standard InChI is InChI=1S/C8H14N2O4/c9-5-1-2-10(4-8(13)14)6(5)3-7(11)12/h5-6H,1-4,9H2,(H,11,12)(H,13,14). The summed E-state index contributed by atoms with van der Waals surface area (Å²) in [5.74, 6) is -1.89. The molecule has 14 heavy (non-hydrogen) atoms. The first kappa shape index (κ1) is 10.9. The highest BCUT2D eigenvalue weighted by Crippen LogP contribution is 2.18. The molecule has 1 saturated heterocycles. The van der Waals surface area contributed by atoms with Gasteiger partial charge in [-0.2, -0.15) is 0 Å². The lowest BCUT2D eigenvalue weighted by Gasteiger charge is -2.23. The first-order valence-corrected chi connectivity index (χ1v) is 4.44. The Bertz CT molecular complexity index is 243. The van der Waals surface area contributed by atoms with Gasteiger partial charge >= 0.3 is 11.9 Å². The largest absolute Gasteiger partial charge is 0.481 e. The average Bonchev–Trinajstić information content (AvgIpc) is 2.34. The molecule has 4 N–H and O–H groups in total. The molecular formula is C8H14N2O4. The van der Waals surface area contributed by atoms with E-state index in [0.29, 0.717) is 13.0 Å². The Labute approximate surface area is 81.3 Å². The van der Waals surface area contributed by atoms with Crippen molar-refractivity contribution in [2.24, 2.45) is 5.73 Å². The molecule has 6 nitrogen and oxygen atoms in total. The van der Waals surface area contributed by atoms with Gasteiger partial charge in [-0.3, -0.25) is 14.5 Å². The average molecular weight is 202 g/mol. The maximum Gasteiger partial charge on any atom is 0.317 e. The maximum absolute atomic E-state index is 10.5. The van der Waals surface area contributed by atoms with Crippen LogP contribution in [-0.4, -0.2) is 52.2 Å². The van der Waals surface area contributed by atoms with Gasteiger partial charge in [0.2, 0.25) is 0 Å². The van der Waals surface area contributed by atoms with Crippen LogP contribution in [0.25, 0.3) is 0 Å². The van der Waals surface area contributed by atoms with Crippen molar-refractivity contribution in [1.82, 2.24) is 4.90 Å². The number of rotatable bonds is 4. The van der Waals surface area contributed by atoms with Crippen LogP contribution in [0.15, 0.2) is 0 Å². The molecule has 80 valence electrons. The van der Waals surface area contributed by atoms with Gasteiger partial charge in [0.25, 0.3) is 0 Å². The molecule has 1 aliphatic heterocycles. The molecule has 0 aromatic heterocycles. The van der Waals surface area contributed by atoms with Gasteiger partial charge in [0.05, 0.1) is 13.0 Å². The van der Waals surface area contributed by atoms with E-state index in [1.807, 2.05) is 0 Å². The van der Waals surface area contributed by atoms with E-state index < -0.39 is 11.9 Å². The number of carbonyl (C=O) groups is 2. The van der Waals surface area contributed by atoms with Crippen molar-refractivity contribution in [1.29, 1.82) is 0 Å². The summed E-state index contributed by atoms with van der Waals surface area (Å²) in [6.45, 7) is 0.428. The molecule has 0 aliphatic carbocycles. The van der Waals surface area contributed by atoms with Crippen molar-refractivity contribution in [3.8, 4) is 0 Å². The molecule has 0 aromatic carbocycles. The second kappa shape index (κ2) is 4.39. The Morgan fingerprint density at radius 3 is 2.50 bits per heavy atom. The van der Waals surface area contributed by atoms with Gasteiger partial charge in [-0.25, -0.2) is 0 Å². The normalized spacial score (nSPS) is 27.8. The van der Waals surface area contributed by atoms with E-state index in [0.717, 1.165) is 0 Å². The summed E-state index contributed by atoms with van der Waals surface area (Å²) in [6, 6.07) is -0.575. The highest BCUT2D eigenvalue weighted by Gasteiger charge is 2.34. The van der Waals surface area contributed by atoms with Crippen LogP contribution >= 0.6 is 0 Å². The summed E-state index contributed by atoms with van der Waals surface area (Å²) in [5, 5.41) is 17.2. The lowest BCUT2D eigenvalue weighted by atomic mass is 10.1. The Morgan fingerprint density at radius 2 is 2.00 bits per heavy atom. The van der Waals surface area contributed by atoms with Gasteiger partial charge in [-0.15, -0.1) is 0 Å². The fourth-order valence-electron chi connectivity index (χ4n) is 1.77. The molecule has 0 aromatic rings. The second-order valence-electron chi connectivity index (χ2n) is 3.48. The second-order valence-corrected chi connectivity index (χ2v) is 3.48. The van der Waals surface area contributed by atoms with Crippen molar-refractivity contribution in [3.63, 3.8) is 0 Å². The van der Waals surface area contributed by atoms with Gasteiger partial charge in [-0.05, 0) is 6.42 Å². The van der Waals surface area contributed by atoms with E-state index in [1.165, 1.54) is 0 Å². The Balaban J connectivity index is 2.56. The molecule has 1 fully saturated rings. The molecule has 2 atom stereocenters. The van der Waals surface area contributed by atoms with Crippen LogP contribution in [0.4, 0.5) is 0 Å². The number of hydrogen-bond donors (Lipinski definition) is 3. The van der Waals surface area contributed by atoms with E-state index >= 15 is 0 Å². The minimum absolute atomic E-state index is 0.0888. The van der Waals surface area contributed by atoms with Crippen molar-refractivity contribution in [2.75, 3.05) is 13.1 Å². The number of likely N-dealkylation sites (tertiary alicyclic amines) is 1. The lowest BCUT2D eigenvalue weighted by molar-refractivity contribution is -0.142.